The number of aryl methyl sites for hydroxylation is 1. The minimum absolute atomic E-state index is 0.774. The molecule has 1 aliphatic rings. The summed E-state index contributed by atoms with van der Waals surface area (Å²) in [5.41, 5.74) is 2.45. The van der Waals surface area contributed by atoms with Crippen LogP contribution >= 0.6 is 0 Å². The molecule has 78 valence electrons. The fourth-order valence-corrected chi connectivity index (χ4v) is 1.94. The molecule has 3 heteroatoms. The Balaban J connectivity index is 1.99. The Bertz CT molecular complexity index is 300. The van der Waals surface area contributed by atoms with Gasteiger partial charge in [-0.2, -0.15) is 0 Å². The number of imidazole rings is 1. The molecule has 0 spiro atoms. The smallest absolute Gasteiger partial charge is 0.0951 e. The van der Waals surface area contributed by atoms with Crippen LogP contribution in [0.15, 0.2) is 6.33 Å². The van der Waals surface area contributed by atoms with E-state index in [0.29, 0.717) is 0 Å². The van der Waals surface area contributed by atoms with Crippen molar-refractivity contribution in [3.05, 3.63) is 17.7 Å². The normalized spacial score (nSPS) is 18.7. The molecule has 2 rings (SSSR count). The summed E-state index contributed by atoms with van der Waals surface area (Å²) in [5.74, 6) is 0.774. The number of nitrogens with zero attached hydrogens (tertiary/aromatic N) is 2. The van der Waals surface area contributed by atoms with Gasteiger partial charge in [0.15, 0.2) is 0 Å². The van der Waals surface area contributed by atoms with Crippen LogP contribution in [0, 0.1) is 19.8 Å². The van der Waals surface area contributed by atoms with Gasteiger partial charge in [-0.3, -0.25) is 0 Å². The summed E-state index contributed by atoms with van der Waals surface area (Å²) in [4.78, 5) is 4.31. The Morgan fingerprint density at radius 3 is 2.71 bits per heavy atom. The second kappa shape index (κ2) is 4.13. The van der Waals surface area contributed by atoms with E-state index in [-0.39, 0.29) is 0 Å². The third-order valence-electron chi connectivity index (χ3n) is 3.14. The van der Waals surface area contributed by atoms with Gasteiger partial charge in [0.2, 0.25) is 0 Å². The molecule has 0 amide bonds. The minimum atomic E-state index is 0.774. The number of rotatable bonds is 2. The van der Waals surface area contributed by atoms with Gasteiger partial charge in [-0.25, -0.2) is 4.98 Å². The van der Waals surface area contributed by atoms with Gasteiger partial charge in [0.25, 0.3) is 0 Å². The molecule has 1 saturated heterocycles. The van der Waals surface area contributed by atoms with Crippen molar-refractivity contribution in [3.8, 4) is 0 Å². The molecule has 0 atom stereocenters. The van der Waals surface area contributed by atoms with Crippen molar-refractivity contribution in [2.45, 2.75) is 33.2 Å². The average molecular weight is 194 g/mol. The van der Waals surface area contributed by atoms with Crippen LogP contribution in [0.2, 0.25) is 0 Å². The first-order chi connectivity index (χ1) is 6.77. The summed E-state index contributed by atoms with van der Waals surface area (Å²) in [6, 6.07) is 0. The maximum absolute atomic E-state index is 5.35. The van der Waals surface area contributed by atoms with Gasteiger partial charge < -0.3 is 9.30 Å². The molecule has 3 nitrogen and oxygen atoms in total. The lowest BCUT2D eigenvalue weighted by Gasteiger charge is -2.22. The van der Waals surface area contributed by atoms with Crippen LogP contribution < -0.4 is 0 Å². The SMILES string of the molecule is Cc1ncn(CC2CCOCC2)c1C. The lowest BCUT2D eigenvalue weighted by molar-refractivity contribution is 0.0611. The predicted octanol–water partition coefficient (Wildman–Crippen LogP) is 1.93. The third kappa shape index (κ3) is 1.98. The highest BCUT2D eigenvalue weighted by atomic mass is 16.5. The zero-order chi connectivity index (χ0) is 9.97. The standard InChI is InChI=1S/C11H18N2O/c1-9-10(2)13(8-12-9)7-11-3-5-14-6-4-11/h8,11H,3-7H2,1-2H3. The Morgan fingerprint density at radius 1 is 1.43 bits per heavy atom. The van der Waals surface area contributed by atoms with Crippen molar-refractivity contribution in [1.29, 1.82) is 0 Å². The van der Waals surface area contributed by atoms with Crippen molar-refractivity contribution in [2.75, 3.05) is 13.2 Å². The molecule has 0 radical (unpaired) electrons. The van der Waals surface area contributed by atoms with Crippen LogP contribution in [0.4, 0.5) is 0 Å². The lowest BCUT2D eigenvalue weighted by Crippen LogP contribution is -2.20. The number of aromatic nitrogens is 2. The molecule has 0 aliphatic carbocycles. The van der Waals surface area contributed by atoms with Crippen molar-refractivity contribution in [3.63, 3.8) is 0 Å². The minimum Gasteiger partial charge on any atom is -0.381 e. The quantitative estimate of drug-likeness (QED) is 0.719. The first-order valence-electron chi connectivity index (χ1n) is 5.33. The molecular formula is C11H18N2O. The van der Waals surface area contributed by atoms with E-state index in [2.05, 4.69) is 23.4 Å². The van der Waals surface area contributed by atoms with Gasteiger partial charge in [0.05, 0.1) is 12.0 Å². The van der Waals surface area contributed by atoms with Crippen LogP contribution in [0.1, 0.15) is 24.2 Å². The van der Waals surface area contributed by atoms with Crippen molar-refractivity contribution in [1.82, 2.24) is 9.55 Å². The molecule has 1 aliphatic heterocycles. The van der Waals surface area contributed by atoms with E-state index in [9.17, 15) is 0 Å². The lowest BCUT2D eigenvalue weighted by atomic mass is 10.0. The average Bonchev–Trinajstić information content (AvgIpc) is 2.52. The number of hydrogen-bond donors (Lipinski definition) is 0. The Labute approximate surface area is 85.1 Å². The first-order valence-corrected chi connectivity index (χ1v) is 5.33. The maximum atomic E-state index is 5.35. The fourth-order valence-electron chi connectivity index (χ4n) is 1.94. The zero-order valence-corrected chi connectivity index (χ0v) is 8.99. The van der Waals surface area contributed by atoms with Gasteiger partial charge in [-0.1, -0.05) is 0 Å². The van der Waals surface area contributed by atoms with Gasteiger partial charge in [0.1, 0.15) is 0 Å². The van der Waals surface area contributed by atoms with Crippen LogP contribution in [-0.4, -0.2) is 22.8 Å². The molecule has 0 saturated carbocycles. The summed E-state index contributed by atoms with van der Waals surface area (Å²) in [6.07, 6.45) is 4.34. The first kappa shape index (κ1) is 9.71. The van der Waals surface area contributed by atoms with E-state index < -0.39 is 0 Å². The molecular weight excluding hydrogens is 176 g/mol. The molecule has 0 N–H and O–H groups in total. The highest BCUT2D eigenvalue weighted by molar-refractivity contribution is 5.08. The number of hydrogen-bond acceptors (Lipinski definition) is 2. The van der Waals surface area contributed by atoms with E-state index in [1.165, 1.54) is 18.5 Å². The van der Waals surface area contributed by atoms with Crippen molar-refractivity contribution in [2.24, 2.45) is 5.92 Å². The van der Waals surface area contributed by atoms with Gasteiger partial charge in [0, 0.05) is 25.5 Å². The van der Waals surface area contributed by atoms with Crippen LogP contribution in [0.5, 0.6) is 0 Å². The second-order valence-corrected chi connectivity index (χ2v) is 4.12. The van der Waals surface area contributed by atoms with Gasteiger partial charge >= 0.3 is 0 Å². The number of ether oxygens (including phenoxy) is 1. The molecule has 1 fully saturated rings. The van der Waals surface area contributed by atoms with Crippen LogP contribution in [-0.2, 0) is 11.3 Å². The maximum Gasteiger partial charge on any atom is 0.0951 e. The third-order valence-corrected chi connectivity index (χ3v) is 3.14. The second-order valence-electron chi connectivity index (χ2n) is 4.12. The molecule has 2 heterocycles. The molecule has 1 aromatic rings. The Morgan fingerprint density at radius 2 is 2.14 bits per heavy atom. The monoisotopic (exact) mass is 194 g/mol. The van der Waals surface area contributed by atoms with Crippen LogP contribution in [0.3, 0.4) is 0 Å². The summed E-state index contributed by atoms with van der Waals surface area (Å²) in [5, 5.41) is 0. The van der Waals surface area contributed by atoms with E-state index in [1.807, 2.05) is 6.33 Å². The Kier molecular flexibility index (Phi) is 2.87. The van der Waals surface area contributed by atoms with E-state index in [4.69, 9.17) is 4.74 Å². The van der Waals surface area contributed by atoms with Crippen molar-refractivity contribution < 1.29 is 4.74 Å². The summed E-state index contributed by atoms with van der Waals surface area (Å²) >= 11 is 0. The van der Waals surface area contributed by atoms with Crippen LogP contribution in [0.25, 0.3) is 0 Å². The summed E-state index contributed by atoms with van der Waals surface area (Å²) in [6.45, 7) is 7.17. The van der Waals surface area contributed by atoms with E-state index in [0.717, 1.165) is 31.4 Å². The largest absolute Gasteiger partial charge is 0.381 e. The molecule has 0 unspecified atom stereocenters. The molecule has 14 heavy (non-hydrogen) atoms. The van der Waals surface area contributed by atoms with E-state index >= 15 is 0 Å². The fraction of sp³-hybridized carbons (Fsp3) is 0.727. The van der Waals surface area contributed by atoms with Crippen molar-refractivity contribution >= 4 is 0 Å². The predicted molar refractivity (Wildman–Crippen MR) is 55.2 cm³/mol. The highest BCUT2D eigenvalue weighted by Gasteiger charge is 2.15. The van der Waals surface area contributed by atoms with E-state index in [1.54, 1.807) is 0 Å². The summed E-state index contributed by atoms with van der Waals surface area (Å²) < 4.78 is 7.62. The molecule has 0 aromatic carbocycles. The Hall–Kier alpha value is -0.830. The summed E-state index contributed by atoms with van der Waals surface area (Å²) in [7, 11) is 0. The topological polar surface area (TPSA) is 27.1 Å². The molecule has 1 aromatic heterocycles. The zero-order valence-electron chi connectivity index (χ0n) is 8.99. The highest BCUT2D eigenvalue weighted by Crippen LogP contribution is 2.18. The van der Waals surface area contributed by atoms with Gasteiger partial charge in [-0.15, -0.1) is 0 Å². The molecule has 0 bridgehead atoms. The van der Waals surface area contributed by atoms with Gasteiger partial charge in [-0.05, 0) is 32.6 Å².